The van der Waals surface area contributed by atoms with Gasteiger partial charge in [0.05, 0.1) is 11.4 Å². The van der Waals surface area contributed by atoms with Gasteiger partial charge in [-0.15, -0.1) is 10.2 Å². The average Bonchev–Trinajstić information content (AvgIpc) is 3.59. The van der Waals surface area contributed by atoms with Crippen molar-refractivity contribution in [1.29, 1.82) is 0 Å². The Labute approximate surface area is 192 Å². The molecule has 1 saturated heterocycles. The zero-order valence-corrected chi connectivity index (χ0v) is 18.6. The van der Waals surface area contributed by atoms with Crippen LogP contribution in [0.3, 0.4) is 0 Å². The van der Waals surface area contributed by atoms with Crippen molar-refractivity contribution in [2.24, 2.45) is 7.05 Å². The number of benzene rings is 2. The van der Waals surface area contributed by atoms with Crippen molar-refractivity contribution in [3.05, 3.63) is 72.4 Å². The molecule has 0 saturated carbocycles. The van der Waals surface area contributed by atoms with E-state index < -0.39 is 0 Å². The molecular weight excluding hydrogens is 416 g/mol. The minimum absolute atomic E-state index is 0.265. The Kier molecular flexibility index (Phi) is 5.07. The predicted octanol–water partition coefficient (Wildman–Crippen LogP) is 3.78. The summed E-state index contributed by atoms with van der Waals surface area (Å²) in [7, 11) is 2.02. The Bertz CT molecular complexity index is 1270. The van der Waals surface area contributed by atoms with Gasteiger partial charge < -0.3 is 14.0 Å². The van der Waals surface area contributed by atoms with Crippen LogP contribution in [0, 0.1) is 0 Å². The molecule has 0 radical (unpaired) electrons. The summed E-state index contributed by atoms with van der Waals surface area (Å²) in [6.45, 7) is 3.11. The molecule has 0 N–H and O–H groups in total. The summed E-state index contributed by atoms with van der Waals surface area (Å²) in [6.07, 6.45) is 6.22. The Balaban J connectivity index is 1.33. The summed E-state index contributed by atoms with van der Waals surface area (Å²) in [4.78, 5) is 2.51. The first-order valence-electron chi connectivity index (χ1n) is 11.3. The number of nitrogens with zero attached hydrogens (tertiary/aromatic N) is 6. The molecule has 0 amide bonds. The number of hydrogen-bond acceptors (Lipinski definition) is 6. The molecular formula is C25H26N6O2. The van der Waals surface area contributed by atoms with Crippen LogP contribution in [0.15, 0.2) is 61.1 Å². The second-order valence-corrected chi connectivity index (χ2v) is 8.73. The van der Waals surface area contributed by atoms with Gasteiger partial charge in [0.15, 0.2) is 11.5 Å². The second-order valence-electron chi connectivity index (χ2n) is 8.73. The van der Waals surface area contributed by atoms with Crippen LogP contribution in [-0.2, 0) is 13.6 Å². The number of ether oxygens (including phenoxy) is 2. The fraction of sp³-hybridized carbons (Fsp3) is 0.320. The summed E-state index contributed by atoms with van der Waals surface area (Å²) < 4.78 is 15.1. The third-order valence-corrected chi connectivity index (χ3v) is 6.47. The highest BCUT2D eigenvalue weighted by Gasteiger charge is 2.26. The number of likely N-dealkylation sites (tertiary alicyclic amines) is 1. The van der Waals surface area contributed by atoms with Gasteiger partial charge >= 0.3 is 0 Å². The van der Waals surface area contributed by atoms with E-state index in [0.29, 0.717) is 5.92 Å². The number of hydrogen-bond donors (Lipinski definition) is 0. The van der Waals surface area contributed by atoms with Crippen LogP contribution in [0.2, 0.25) is 0 Å². The summed E-state index contributed by atoms with van der Waals surface area (Å²) in [5.41, 5.74) is 4.24. The third kappa shape index (κ3) is 3.87. The van der Waals surface area contributed by atoms with E-state index in [-0.39, 0.29) is 6.79 Å². The maximum atomic E-state index is 5.63. The van der Waals surface area contributed by atoms with E-state index in [1.54, 1.807) is 6.33 Å². The molecule has 168 valence electrons. The SMILES string of the molecule is Cn1cnnc1[C@H]1CCCN(Cc2cn(-c3ccccc3)nc2-c2ccc3c(c2)OCO3)C1. The highest BCUT2D eigenvalue weighted by atomic mass is 16.7. The van der Waals surface area contributed by atoms with Crippen molar-refractivity contribution in [3.63, 3.8) is 0 Å². The first-order chi connectivity index (χ1) is 16.2. The van der Waals surface area contributed by atoms with Gasteiger partial charge in [0, 0.05) is 43.4 Å². The molecule has 1 atom stereocenters. The fourth-order valence-electron chi connectivity index (χ4n) is 4.84. The summed E-state index contributed by atoms with van der Waals surface area (Å²) in [5, 5.41) is 13.4. The Morgan fingerprint density at radius 2 is 1.94 bits per heavy atom. The molecule has 33 heavy (non-hydrogen) atoms. The Morgan fingerprint density at radius 1 is 1.06 bits per heavy atom. The van der Waals surface area contributed by atoms with Gasteiger partial charge in [-0.3, -0.25) is 4.90 Å². The van der Waals surface area contributed by atoms with Gasteiger partial charge in [-0.25, -0.2) is 4.68 Å². The van der Waals surface area contributed by atoms with E-state index in [0.717, 1.165) is 66.7 Å². The van der Waals surface area contributed by atoms with Crippen molar-refractivity contribution in [2.45, 2.75) is 25.3 Å². The molecule has 8 nitrogen and oxygen atoms in total. The van der Waals surface area contributed by atoms with Crippen LogP contribution in [0.25, 0.3) is 16.9 Å². The van der Waals surface area contributed by atoms with Crippen molar-refractivity contribution in [2.75, 3.05) is 19.9 Å². The molecule has 4 aromatic rings. The first-order valence-corrected chi connectivity index (χ1v) is 11.3. The topological polar surface area (TPSA) is 70.2 Å². The van der Waals surface area contributed by atoms with Gasteiger partial charge in [0.1, 0.15) is 12.2 Å². The third-order valence-electron chi connectivity index (χ3n) is 6.47. The predicted molar refractivity (Wildman–Crippen MR) is 123 cm³/mol. The van der Waals surface area contributed by atoms with Crippen molar-refractivity contribution in [1.82, 2.24) is 29.4 Å². The lowest BCUT2D eigenvalue weighted by Gasteiger charge is -2.32. The summed E-state index contributed by atoms with van der Waals surface area (Å²) in [6, 6.07) is 16.3. The number of fused-ring (bicyclic) bond motifs is 1. The quantitative estimate of drug-likeness (QED) is 0.469. The first kappa shape index (κ1) is 20.0. The molecule has 0 spiro atoms. The molecule has 2 aliphatic heterocycles. The average molecular weight is 443 g/mol. The molecule has 2 aromatic carbocycles. The van der Waals surface area contributed by atoms with E-state index in [1.165, 1.54) is 5.56 Å². The number of aryl methyl sites for hydroxylation is 1. The normalized spacial score (nSPS) is 18.0. The lowest BCUT2D eigenvalue weighted by molar-refractivity contribution is 0.174. The van der Waals surface area contributed by atoms with Crippen LogP contribution in [0.1, 0.15) is 30.1 Å². The molecule has 0 unspecified atom stereocenters. The van der Waals surface area contributed by atoms with Crippen molar-refractivity contribution >= 4 is 0 Å². The molecule has 6 rings (SSSR count). The number of aromatic nitrogens is 5. The highest BCUT2D eigenvalue weighted by molar-refractivity contribution is 5.67. The van der Waals surface area contributed by atoms with Gasteiger partial charge in [-0.2, -0.15) is 5.10 Å². The maximum Gasteiger partial charge on any atom is 0.231 e. The molecule has 0 bridgehead atoms. The van der Waals surface area contributed by atoms with Gasteiger partial charge in [0.2, 0.25) is 6.79 Å². The van der Waals surface area contributed by atoms with Gasteiger partial charge in [0.25, 0.3) is 0 Å². The van der Waals surface area contributed by atoms with Crippen LogP contribution >= 0.6 is 0 Å². The van der Waals surface area contributed by atoms with E-state index in [1.807, 2.05) is 46.6 Å². The molecule has 1 fully saturated rings. The van der Waals surface area contributed by atoms with Gasteiger partial charge in [-0.1, -0.05) is 18.2 Å². The van der Waals surface area contributed by atoms with Crippen molar-refractivity contribution < 1.29 is 9.47 Å². The number of piperidine rings is 1. The van der Waals surface area contributed by atoms with Crippen LogP contribution < -0.4 is 9.47 Å². The summed E-state index contributed by atoms with van der Waals surface area (Å²) >= 11 is 0. The van der Waals surface area contributed by atoms with Crippen LogP contribution in [-0.4, -0.2) is 49.3 Å². The zero-order chi connectivity index (χ0) is 22.2. The second kappa shape index (κ2) is 8.37. The number of para-hydroxylation sites is 1. The Hall–Kier alpha value is -3.65. The highest BCUT2D eigenvalue weighted by Crippen LogP contribution is 2.37. The largest absolute Gasteiger partial charge is 0.454 e. The minimum atomic E-state index is 0.265. The molecule has 2 aliphatic rings. The molecule has 2 aromatic heterocycles. The van der Waals surface area contributed by atoms with Crippen molar-refractivity contribution in [3.8, 4) is 28.4 Å². The van der Waals surface area contributed by atoms with E-state index in [2.05, 4.69) is 39.5 Å². The van der Waals surface area contributed by atoms with Crippen LogP contribution in [0.4, 0.5) is 0 Å². The van der Waals surface area contributed by atoms with E-state index >= 15 is 0 Å². The van der Waals surface area contributed by atoms with E-state index in [4.69, 9.17) is 14.6 Å². The number of rotatable bonds is 5. The maximum absolute atomic E-state index is 5.63. The summed E-state index contributed by atoms with van der Waals surface area (Å²) in [5.74, 6) is 3.01. The standard InChI is InChI=1S/C25H26N6O2/c1-29-16-26-27-25(29)19-6-5-11-30(13-19)14-20-15-31(21-7-3-2-4-8-21)28-24(20)18-9-10-22-23(12-18)33-17-32-22/h2-4,7-10,12,15-16,19H,5-6,11,13-14,17H2,1H3/t19-/m0/s1. The lowest BCUT2D eigenvalue weighted by Crippen LogP contribution is -2.34. The molecule has 8 heteroatoms. The van der Waals surface area contributed by atoms with E-state index in [9.17, 15) is 0 Å². The molecule has 4 heterocycles. The Morgan fingerprint density at radius 3 is 2.79 bits per heavy atom. The minimum Gasteiger partial charge on any atom is -0.454 e. The smallest absolute Gasteiger partial charge is 0.231 e. The zero-order valence-electron chi connectivity index (χ0n) is 18.6. The van der Waals surface area contributed by atoms with Crippen LogP contribution in [0.5, 0.6) is 11.5 Å². The monoisotopic (exact) mass is 442 g/mol. The van der Waals surface area contributed by atoms with Gasteiger partial charge in [-0.05, 0) is 49.7 Å². The lowest BCUT2D eigenvalue weighted by atomic mass is 9.96. The molecule has 0 aliphatic carbocycles. The fourth-order valence-corrected chi connectivity index (χ4v) is 4.84.